The van der Waals surface area contributed by atoms with Crippen LogP contribution in [0, 0.1) is 11.8 Å². The van der Waals surface area contributed by atoms with Gasteiger partial charge in [-0.05, 0) is 75.0 Å². The summed E-state index contributed by atoms with van der Waals surface area (Å²) < 4.78 is 48.8. The second-order valence-corrected chi connectivity index (χ2v) is 11.0. The molecule has 218 valence electrons. The molecule has 1 atom stereocenters. The van der Waals surface area contributed by atoms with Crippen LogP contribution in [-0.2, 0) is 15.9 Å². The lowest BCUT2D eigenvalue weighted by Gasteiger charge is -2.30. The van der Waals surface area contributed by atoms with E-state index in [1.54, 1.807) is 6.20 Å². The van der Waals surface area contributed by atoms with Gasteiger partial charge >= 0.3 is 6.18 Å². The first kappa shape index (κ1) is 31.9. The van der Waals surface area contributed by atoms with Crippen molar-refractivity contribution in [2.45, 2.75) is 70.7 Å². The molecule has 2 aromatic rings. The Morgan fingerprint density at radius 3 is 2.44 bits per heavy atom. The van der Waals surface area contributed by atoms with Crippen LogP contribution >= 0.6 is 23.2 Å². The van der Waals surface area contributed by atoms with E-state index in [1.165, 1.54) is 0 Å². The Morgan fingerprint density at radius 1 is 1.05 bits per heavy atom. The molecular weight excluding hydrogens is 552 g/mol. The number of ether oxygens (including phenoxy) is 2. The van der Waals surface area contributed by atoms with Crippen molar-refractivity contribution in [3.63, 3.8) is 0 Å². The number of pyridine rings is 2. The van der Waals surface area contributed by atoms with E-state index < -0.39 is 12.3 Å². The summed E-state index contributed by atoms with van der Waals surface area (Å²) in [5.74, 6) is 1.70. The molecule has 2 N–H and O–H groups in total. The first-order valence-corrected chi connectivity index (χ1v) is 13.9. The van der Waals surface area contributed by atoms with Crippen LogP contribution in [0.2, 0.25) is 10.0 Å². The number of alkyl halides is 3. The van der Waals surface area contributed by atoms with Crippen molar-refractivity contribution in [3.8, 4) is 11.3 Å². The van der Waals surface area contributed by atoms with Crippen LogP contribution in [0.3, 0.4) is 0 Å². The predicted molar refractivity (Wildman–Crippen MR) is 151 cm³/mol. The maximum atomic E-state index is 12.9. The summed E-state index contributed by atoms with van der Waals surface area (Å²) in [6.07, 6.45) is 1.76. The monoisotopic (exact) mass is 590 g/mol. The topological polar surface area (TPSA) is 68.3 Å². The minimum Gasteiger partial charge on any atom is -0.381 e. The maximum absolute atomic E-state index is 12.9. The molecule has 0 unspecified atom stereocenters. The van der Waals surface area contributed by atoms with Gasteiger partial charge < -0.3 is 20.1 Å². The first-order chi connectivity index (χ1) is 18.2. The van der Waals surface area contributed by atoms with Crippen LogP contribution in [-0.4, -0.2) is 61.7 Å². The Kier molecular flexibility index (Phi) is 12.1. The van der Waals surface area contributed by atoms with Gasteiger partial charge in [-0.1, -0.05) is 30.6 Å². The van der Waals surface area contributed by atoms with E-state index in [0.29, 0.717) is 27.6 Å². The fourth-order valence-corrected chi connectivity index (χ4v) is 5.58. The SMILES string of the molecule is C.CO[C@H](CNC1CCC(Cc2cc(-c3nc(NCC4CCOCC4)ccc3Cl)c(Cl)cn2)CC1)C(F)(F)F. The number of rotatable bonds is 10. The van der Waals surface area contributed by atoms with Crippen molar-refractivity contribution in [1.82, 2.24) is 15.3 Å². The molecule has 1 aliphatic heterocycles. The van der Waals surface area contributed by atoms with Gasteiger partial charge in [0.25, 0.3) is 0 Å². The maximum Gasteiger partial charge on any atom is 0.415 e. The third-order valence-electron chi connectivity index (χ3n) is 7.51. The molecule has 4 rings (SSSR count). The smallest absolute Gasteiger partial charge is 0.381 e. The van der Waals surface area contributed by atoms with Gasteiger partial charge in [-0.2, -0.15) is 13.2 Å². The summed E-state index contributed by atoms with van der Waals surface area (Å²) in [4.78, 5) is 9.30. The number of halogens is 5. The Balaban J connectivity index is 0.00000420. The number of methoxy groups -OCH3 is 1. The summed E-state index contributed by atoms with van der Waals surface area (Å²) in [6, 6.07) is 5.71. The first-order valence-electron chi connectivity index (χ1n) is 13.2. The lowest BCUT2D eigenvalue weighted by atomic mass is 9.83. The zero-order chi connectivity index (χ0) is 27.1. The van der Waals surface area contributed by atoms with Crippen molar-refractivity contribution < 1.29 is 22.6 Å². The minimum absolute atomic E-state index is 0. The molecule has 39 heavy (non-hydrogen) atoms. The number of aromatic nitrogens is 2. The normalized spacial score (nSPS) is 21.3. The molecule has 1 aliphatic carbocycles. The third kappa shape index (κ3) is 9.18. The van der Waals surface area contributed by atoms with Crippen LogP contribution in [0.25, 0.3) is 11.3 Å². The van der Waals surface area contributed by atoms with Gasteiger partial charge in [0, 0.05) is 56.9 Å². The van der Waals surface area contributed by atoms with E-state index in [4.69, 9.17) is 32.9 Å². The highest BCUT2D eigenvalue weighted by Crippen LogP contribution is 2.35. The van der Waals surface area contributed by atoms with Crippen LogP contribution in [0.5, 0.6) is 0 Å². The highest BCUT2D eigenvalue weighted by molar-refractivity contribution is 6.36. The average molecular weight is 592 g/mol. The largest absolute Gasteiger partial charge is 0.415 e. The zero-order valence-corrected chi connectivity index (χ0v) is 23.0. The molecule has 0 radical (unpaired) electrons. The van der Waals surface area contributed by atoms with Crippen LogP contribution in [0.4, 0.5) is 19.0 Å². The predicted octanol–water partition coefficient (Wildman–Crippen LogP) is 7.19. The lowest BCUT2D eigenvalue weighted by Crippen LogP contribution is -2.44. The van der Waals surface area contributed by atoms with Gasteiger partial charge in [0.05, 0.1) is 15.7 Å². The van der Waals surface area contributed by atoms with E-state index in [9.17, 15) is 13.2 Å². The van der Waals surface area contributed by atoms with Gasteiger partial charge in [0.1, 0.15) is 5.82 Å². The molecule has 0 spiro atoms. The fourth-order valence-electron chi connectivity index (χ4n) is 5.18. The molecule has 0 bridgehead atoms. The van der Waals surface area contributed by atoms with Gasteiger partial charge in [-0.15, -0.1) is 0 Å². The number of hydrogen-bond acceptors (Lipinski definition) is 6. The molecule has 1 saturated carbocycles. The quantitative estimate of drug-likeness (QED) is 0.305. The number of hydrogen-bond donors (Lipinski definition) is 2. The second-order valence-electron chi connectivity index (χ2n) is 10.2. The number of anilines is 1. The van der Waals surface area contributed by atoms with Crippen LogP contribution in [0.15, 0.2) is 24.4 Å². The minimum atomic E-state index is -4.37. The Bertz CT molecular complexity index is 1050. The van der Waals surface area contributed by atoms with Crippen molar-refractivity contribution in [2.75, 3.05) is 38.7 Å². The Morgan fingerprint density at radius 2 is 1.77 bits per heavy atom. The highest BCUT2D eigenvalue weighted by atomic mass is 35.5. The van der Waals surface area contributed by atoms with Gasteiger partial charge in [-0.25, -0.2) is 4.98 Å². The molecule has 3 heterocycles. The van der Waals surface area contributed by atoms with E-state index >= 15 is 0 Å². The van der Waals surface area contributed by atoms with Gasteiger partial charge in [0.15, 0.2) is 6.10 Å². The summed E-state index contributed by atoms with van der Waals surface area (Å²) in [5.41, 5.74) is 2.25. The highest BCUT2D eigenvalue weighted by Gasteiger charge is 2.40. The number of nitrogens with one attached hydrogen (secondary N) is 2. The molecule has 2 aromatic heterocycles. The van der Waals surface area contributed by atoms with E-state index in [1.807, 2.05) is 18.2 Å². The van der Waals surface area contributed by atoms with Crippen LogP contribution in [0.1, 0.15) is 51.6 Å². The van der Waals surface area contributed by atoms with Crippen LogP contribution < -0.4 is 10.6 Å². The summed E-state index contributed by atoms with van der Waals surface area (Å²) in [5, 5.41) is 7.45. The van der Waals surface area contributed by atoms with E-state index in [2.05, 4.69) is 20.4 Å². The lowest BCUT2D eigenvalue weighted by molar-refractivity contribution is -0.211. The third-order valence-corrected chi connectivity index (χ3v) is 8.12. The van der Waals surface area contributed by atoms with Crippen molar-refractivity contribution in [3.05, 3.63) is 40.1 Å². The molecule has 1 saturated heterocycles. The van der Waals surface area contributed by atoms with Gasteiger partial charge in [0.2, 0.25) is 0 Å². The molecule has 2 aliphatic rings. The van der Waals surface area contributed by atoms with Gasteiger partial charge in [-0.3, -0.25) is 4.98 Å². The molecule has 6 nitrogen and oxygen atoms in total. The standard InChI is InChI=1S/C27H35Cl2F3N4O2.CH4/c1-37-24(27(30,31)32)16-34-19-4-2-17(3-5-19)12-20-13-21(23(29)15-33-20)26-22(28)6-7-25(36-26)35-14-18-8-10-38-11-9-18;/h6-7,13,15,17-19,24,34H,2-5,8-12,14,16H2,1H3,(H,35,36);1H4/t17?,19?,24-;/m1./s1. The molecular formula is C28H39Cl2F3N4O2. The van der Waals surface area contributed by atoms with E-state index in [-0.39, 0.29) is 20.0 Å². The molecule has 0 aromatic carbocycles. The summed E-state index contributed by atoms with van der Waals surface area (Å²) >= 11 is 13.1. The fraction of sp³-hybridized carbons (Fsp3) is 0.643. The van der Waals surface area contributed by atoms with Crippen molar-refractivity contribution in [2.24, 2.45) is 11.8 Å². The summed E-state index contributed by atoms with van der Waals surface area (Å²) in [7, 11) is 1.09. The second kappa shape index (κ2) is 14.8. The average Bonchev–Trinajstić information content (AvgIpc) is 2.90. The van der Waals surface area contributed by atoms with Crippen molar-refractivity contribution >= 4 is 29.0 Å². The zero-order valence-electron chi connectivity index (χ0n) is 21.5. The van der Waals surface area contributed by atoms with E-state index in [0.717, 1.165) is 88.9 Å². The Hall–Kier alpha value is -1.65. The molecule has 2 fully saturated rings. The van der Waals surface area contributed by atoms with Crippen molar-refractivity contribution in [1.29, 1.82) is 0 Å². The summed E-state index contributed by atoms with van der Waals surface area (Å²) in [6.45, 7) is 2.19. The molecule has 0 amide bonds. The molecule has 11 heteroatoms. The number of nitrogens with zero attached hydrogens (tertiary/aromatic N) is 2. The Labute approximate surface area is 239 Å².